The van der Waals surface area contributed by atoms with E-state index in [9.17, 15) is 18.0 Å². The van der Waals surface area contributed by atoms with Gasteiger partial charge >= 0.3 is 6.18 Å². The average Bonchev–Trinajstić information content (AvgIpc) is 3.63. The number of rotatable bonds is 4. The standard InChI is InChI=1S/C28H26F4N4O2/c1-15-9-21-22(27(37)35(15)2)12-24(34-26(21)20-6-3-18(11-23(20)29)28(30,31)32)16-7-8-38-25(10-16)17-13-33-36(14-17)19-4-5-19/h3,6,9,11-14,16,19,25H,4-5,7-8,10H2,1-2H3. The topological polar surface area (TPSA) is 61.9 Å². The molecule has 4 aromatic rings. The Bertz CT molecular complexity index is 1600. The van der Waals surface area contributed by atoms with Crippen molar-refractivity contribution in [3.05, 3.63) is 81.4 Å². The number of hydrogen-bond donors (Lipinski definition) is 0. The van der Waals surface area contributed by atoms with Crippen molar-refractivity contribution in [3.8, 4) is 11.3 Å². The molecule has 4 heterocycles. The lowest BCUT2D eigenvalue weighted by molar-refractivity contribution is -0.137. The van der Waals surface area contributed by atoms with E-state index in [1.165, 1.54) is 4.57 Å². The van der Waals surface area contributed by atoms with Gasteiger partial charge in [-0.15, -0.1) is 0 Å². The van der Waals surface area contributed by atoms with Crippen LogP contribution in [0.1, 0.15) is 66.3 Å². The van der Waals surface area contributed by atoms with Gasteiger partial charge in [0.25, 0.3) is 5.56 Å². The van der Waals surface area contributed by atoms with Gasteiger partial charge in [-0.2, -0.15) is 18.3 Å². The highest BCUT2D eigenvalue weighted by atomic mass is 19.4. The third-order valence-electron chi connectivity index (χ3n) is 7.66. The minimum absolute atomic E-state index is 0.0770. The molecule has 1 aromatic carbocycles. The minimum Gasteiger partial charge on any atom is -0.373 e. The van der Waals surface area contributed by atoms with Crippen molar-refractivity contribution in [3.63, 3.8) is 0 Å². The summed E-state index contributed by atoms with van der Waals surface area (Å²) in [6.45, 7) is 2.21. The van der Waals surface area contributed by atoms with Gasteiger partial charge < -0.3 is 9.30 Å². The normalized spacial score (nSPS) is 20.3. The van der Waals surface area contributed by atoms with E-state index in [1.807, 2.05) is 17.1 Å². The zero-order valence-electron chi connectivity index (χ0n) is 20.9. The summed E-state index contributed by atoms with van der Waals surface area (Å²) < 4.78 is 64.2. The van der Waals surface area contributed by atoms with E-state index in [1.54, 1.807) is 26.1 Å². The maximum Gasteiger partial charge on any atom is 0.416 e. The molecule has 0 amide bonds. The van der Waals surface area contributed by atoms with Gasteiger partial charge in [-0.25, -0.2) is 4.39 Å². The van der Waals surface area contributed by atoms with Crippen molar-refractivity contribution >= 4 is 10.8 Å². The first-order chi connectivity index (χ1) is 18.1. The number of ether oxygens (including phenoxy) is 1. The SMILES string of the molecule is Cc1cc2c(-c3ccc(C(F)(F)F)cc3F)nc(C3CCOC(c4cnn(C5CC5)c4)C3)cc2c(=O)n1C. The fourth-order valence-corrected chi connectivity index (χ4v) is 5.20. The fourth-order valence-electron chi connectivity index (χ4n) is 5.20. The second kappa shape index (κ2) is 9.04. The molecule has 10 heteroatoms. The number of pyridine rings is 2. The van der Waals surface area contributed by atoms with Crippen LogP contribution in [0.2, 0.25) is 0 Å². The van der Waals surface area contributed by atoms with Crippen molar-refractivity contribution in [2.24, 2.45) is 7.05 Å². The highest BCUT2D eigenvalue weighted by Crippen LogP contribution is 2.41. The Morgan fingerprint density at radius 2 is 1.87 bits per heavy atom. The molecule has 1 aliphatic heterocycles. The number of aryl methyl sites for hydroxylation is 1. The summed E-state index contributed by atoms with van der Waals surface area (Å²) in [7, 11) is 1.65. The maximum atomic E-state index is 15.2. The van der Waals surface area contributed by atoms with Crippen LogP contribution in [0.5, 0.6) is 0 Å². The molecule has 0 spiro atoms. The average molecular weight is 527 g/mol. The molecule has 198 valence electrons. The van der Waals surface area contributed by atoms with Gasteiger partial charge in [0.2, 0.25) is 0 Å². The van der Waals surface area contributed by atoms with Crippen LogP contribution < -0.4 is 5.56 Å². The smallest absolute Gasteiger partial charge is 0.373 e. The number of fused-ring (bicyclic) bond motifs is 1. The van der Waals surface area contributed by atoms with Crippen molar-refractivity contribution in [2.45, 2.75) is 56.8 Å². The molecule has 0 bridgehead atoms. The first-order valence-electron chi connectivity index (χ1n) is 12.6. The highest BCUT2D eigenvalue weighted by Gasteiger charge is 2.33. The zero-order chi connectivity index (χ0) is 26.8. The summed E-state index contributed by atoms with van der Waals surface area (Å²) in [4.78, 5) is 18.0. The summed E-state index contributed by atoms with van der Waals surface area (Å²) >= 11 is 0. The Balaban J connectivity index is 1.45. The summed E-state index contributed by atoms with van der Waals surface area (Å²) in [5, 5.41) is 5.22. The molecule has 1 saturated heterocycles. The van der Waals surface area contributed by atoms with Crippen LogP contribution in [0.3, 0.4) is 0 Å². The Morgan fingerprint density at radius 1 is 1.08 bits per heavy atom. The van der Waals surface area contributed by atoms with Crippen molar-refractivity contribution in [1.29, 1.82) is 0 Å². The predicted octanol–water partition coefficient (Wildman–Crippen LogP) is 6.23. The van der Waals surface area contributed by atoms with Gasteiger partial charge in [-0.1, -0.05) is 0 Å². The van der Waals surface area contributed by atoms with Gasteiger partial charge in [-0.3, -0.25) is 14.5 Å². The largest absolute Gasteiger partial charge is 0.416 e. The Morgan fingerprint density at radius 3 is 2.58 bits per heavy atom. The second-order valence-corrected chi connectivity index (χ2v) is 10.3. The van der Waals surface area contributed by atoms with Gasteiger partial charge in [0, 0.05) is 53.7 Å². The lowest BCUT2D eigenvalue weighted by Gasteiger charge is -2.29. The minimum atomic E-state index is -4.67. The molecule has 0 radical (unpaired) electrons. The molecule has 2 fully saturated rings. The molecular weight excluding hydrogens is 500 g/mol. The summed E-state index contributed by atoms with van der Waals surface area (Å²) in [6.07, 6.45) is 2.44. The molecule has 2 unspecified atom stereocenters. The second-order valence-electron chi connectivity index (χ2n) is 10.3. The highest BCUT2D eigenvalue weighted by molar-refractivity contribution is 5.95. The number of hydrogen-bond acceptors (Lipinski definition) is 4. The molecule has 1 aliphatic carbocycles. The quantitative estimate of drug-likeness (QED) is 0.296. The van der Waals surface area contributed by atoms with Gasteiger partial charge in [0.05, 0.1) is 35.0 Å². The van der Waals surface area contributed by atoms with Crippen molar-refractivity contribution in [2.75, 3.05) is 6.61 Å². The molecule has 3 aromatic heterocycles. The van der Waals surface area contributed by atoms with Crippen molar-refractivity contribution < 1.29 is 22.3 Å². The predicted molar refractivity (Wildman–Crippen MR) is 133 cm³/mol. The van der Waals surface area contributed by atoms with Crippen LogP contribution in [-0.2, 0) is 18.0 Å². The maximum absolute atomic E-state index is 15.2. The van der Waals surface area contributed by atoms with E-state index in [0.29, 0.717) is 53.7 Å². The molecule has 38 heavy (non-hydrogen) atoms. The Kier molecular flexibility index (Phi) is 5.90. The van der Waals surface area contributed by atoms with Gasteiger partial charge in [0.1, 0.15) is 5.82 Å². The Labute approximate surface area is 215 Å². The van der Waals surface area contributed by atoms with E-state index in [2.05, 4.69) is 5.10 Å². The van der Waals surface area contributed by atoms with Crippen LogP contribution in [0.25, 0.3) is 22.0 Å². The fraction of sp³-hybridized carbons (Fsp3) is 0.393. The summed E-state index contributed by atoms with van der Waals surface area (Å²) in [6, 6.07) is 6.32. The van der Waals surface area contributed by atoms with Crippen LogP contribution in [0.4, 0.5) is 17.6 Å². The number of halogens is 4. The molecule has 2 atom stereocenters. The lowest BCUT2D eigenvalue weighted by atomic mass is 9.88. The van der Waals surface area contributed by atoms with E-state index in [0.717, 1.165) is 30.5 Å². The Hall–Kier alpha value is -3.53. The van der Waals surface area contributed by atoms with E-state index in [-0.39, 0.29) is 28.8 Å². The molecule has 6 rings (SSSR count). The third-order valence-corrected chi connectivity index (χ3v) is 7.66. The van der Waals surface area contributed by atoms with Crippen LogP contribution >= 0.6 is 0 Å². The van der Waals surface area contributed by atoms with Crippen LogP contribution in [0, 0.1) is 12.7 Å². The number of benzene rings is 1. The summed E-state index contributed by atoms with van der Waals surface area (Å²) in [5.41, 5.74) is 0.931. The van der Waals surface area contributed by atoms with Crippen LogP contribution in [-0.4, -0.2) is 25.9 Å². The number of aromatic nitrogens is 4. The van der Waals surface area contributed by atoms with E-state index < -0.39 is 17.6 Å². The number of nitrogens with zero attached hydrogens (tertiary/aromatic N) is 4. The molecule has 2 aliphatic rings. The van der Waals surface area contributed by atoms with Crippen LogP contribution in [0.15, 0.2) is 47.5 Å². The first kappa shape index (κ1) is 24.8. The van der Waals surface area contributed by atoms with Gasteiger partial charge in [-0.05, 0) is 62.9 Å². The number of alkyl halides is 3. The third kappa shape index (κ3) is 4.40. The van der Waals surface area contributed by atoms with E-state index >= 15 is 4.39 Å². The lowest BCUT2D eigenvalue weighted by Crippen LogP contribution is -2.22. The monoisotopic (exact) mass is 526 g/mol. The molecule has 0 N–H and O–H groups in total. The molecule has 6 nitrogen and oxygen atoms in total. The van der Waals surface area contributed by atoms with Crippen molar-refractivity contribution in [1.82, 2.24) is 19.3 Å². The van der Waals surface area contributed by atoms with Gasteiger partial charge in [0.15, 0.2) is 0 Å². The van der Waals surface area contributed by atoms with E-state index in [4.69, 9.17) is 9.72 Å². The summed E-state index contributed by atoms with van der Waals surface area (Å²) in [5.74, 6) is -1.13. The first-order valence-corrected chi connectivity index (χ1v) is 12.6. The zero-order valence-corrected chi connectivity index (χ0v) is 20.9. The molecule has 1 saturated carbocycles. The molecular formula is C28H26F4N4O2.